The lowest BCUT2D eigenvalue weighted by atomic mass is 10.1. The Morgan fingerprint density at radius 2 is 2.14 bits per heavy atom. The van der Waals surface area contributed by atoms with Crippen LogP contribution >= 0.6 is 0 Å². The highest BCUT2D eigenvalue weighted by atomic mass is 15.3. The normalized spacial score (nSPS) is 13.9. The molecule has 22 heavy (non-hydrogen) atoms. The van der Waals surface area contributed by atoms with E-state index in [9.17, 15) is 5.26 Å². The predicted octanol–water partition coefficient (Wildman–Crippen LogP) is 2.75. The van der Waals surface area contributed by atoms with Gasteiger partial charge in [0.05, 0.1) is 17.1 Å². The molecule has 3 rings (SSSR count). The highest BCUT2D eigenvalue weighted by molar-refractivity contribution is 5.65. The Bertz CT molecular complexity index is 794. The van der Waals surface area contributed by atoms with Gasteiger partial charge in [0.25, 0.3) is 0 Å². The van der Waals surface area contributed by atoms with Crippen molar-refractivity contribution >= 4 is 5.52 Å². The van der Waals surface area contributed by atoms with Gasteiger partial charge in [-0.3, -0.25) is 4.68 Å². The average Bonchev–Trinajstić information content (AvgIpc) is 3.18. The summed E-state index contributed by atoms with van der Waals surface area (Å²) >= 11 is 0. The maximum Gasteiger partial charge on any atom is 0.102 e. The fraction of sp³-hybridized carbons (Fsp3) is 0.294. The zero-order chi connectivity index (χ0) is 15.5. The molecule has 3 aromatic heterocycles. The molecule has 0 bridgehead atoms. The van der Waals surface area contributed by atoms with Crippen LogP contribution in [0.15, 0.2) is 49.1 Å². The summed E-state index contributed by atoms with van der Waals surface area (Å²) in [5.74, 6) is 0. The number of nitriles is 1. The van der Waals surface area contributed by atoms with Gasteiger partial charge in [-0.05, 0) is 32.0 Å². The quantitative estimate of drug-likeness (QED) is 0.787. The SMILES string of the molecule is C[C@H](NCc1cn2ccccc2c1C#N)[C@@H](C)n1cccn1. The van der Waals surface area contributed by atoms with Crippen LogP contribution in [0.4, 0.5) is 0 Å². The molecular formula is C17H19N5. The third-order valence-corrected chi connectivity index (χ3v) is 4.15. The van der Waals surface area contributed by atoms with Crippen molar-refractivity contribution in [1.29, 1.82) is 5.26 Å². The molecule has 0 aliphatic carbocycles. The van der Waals surface area contributed by atoms with E-state index in [1.165, 1.54) is 0 Å². The first-order valence-electron chi connectivity index (χ1n) is 7.42. The van der Waals surface area contributed by atoms with Gasteiger partial charge in [0, 0.05) is 42.9 Å². The van der Waals surface area contributed by atoms with Gasteiger partial charge in [0.15, 0.2) is 0 Å². The monoisotopic (exact) mass is 293 g/mol. The summed E-state index contributed by atoms with van der Waals surface area (Å²) in [6, 6.07) is 10.6. The van der Waals surface area contributed by atoms with E-state index in [4.69, 9.17) is 0 Å². The highest BCUT2D eigenvalue weighted by Crippen LogP contribution is 2.18. The van der Waals surface area contributed by atoms with Crippen molar-refractivity contribution in [2.24, 2.45) is 0 Å². The standard InChI is InChI=1S/C17H19N5/c1-13(14(2)22-9-5-7-20-22)19-11-15-12-21-8-4-3-6-17(21)16(15)10-18/h3-9,12-14,19H,11H2,1-2H3/t13-,14+/m0/s1. The summed E-state index contributed by atoms with van der Waals surface area (Å²) in [7, 11) is 0. The molecule has 3 heterocycles. The van der Waals surface area contributed by atoms with Crippen LogP contribution in [0.2, 0.25) is 0 Å². The third kappa shape index (κ3) is 2.61. The van der Waals surface area contributed by atoms with Crippen molar-refractivity contribution in [1.82, 2.24) is 19.5 Å². The molecule has 0 unspecified atom stereocenters. The number of nitrogens with zero attached hydrogens (tertiary/aromatic N) is 4. The summed E-state index contributed by atoms with van der Waals surface area (Å²) in [6.07, 6.45) is 7.75. The first-order valence-corrected chi connectivity index (χ1v) is 7.42. The summed E-state index contributed by atoms with van der Waals surface area (Å²) in [5, 5.41) is 17.2. The number of hydrogen-bond acceptors (Lipinski definition) is 3. The molecule has 0 spiro atoms. The van der Waals surface area contributed by atoms with Crippen LogP contribution in [-0.4, -0.2) is 20.2 Å². The number of fused-ring (bicyclic) bond motifs is 1. The van der Waals surface area contributed by atoms with Gasteiger partial charge in [-0.1, -0.05) is 6.07 Å². The van der Waals surface area contributed by atoms with E-state index >= 15 is 0 Å². The van der Waals surface area contributed by atoms with Crippen LogP contribution in [0.25, 0.3) is 5.52 Å². The second kappa shape index (κ2) is 6.04. The van der Waals surface area contributed by atoms with Gasteiger partial charge in [-0.2, -0.15) is 10.4 Å². The smallest absolute Gasteiger partial charge is 0.102 e. The number of rotatable bonds is 5. The fourth-order valence-corrected chi connectivity index (χ4v) is 2.63. The lowest BCUT2D eigenvalue weighted by molar-refractivity contribution is 0.365. The molecule has 2 atom stereocenters. The molecular weight excluding hydrogens is 274 g/mol. The van der Waals surface area contributed by atoms with Crippen LogP contribution in [-0.2, 0) is 6.54 Å². The van der Waals surface area contributed by atoms with Gasteiger partial charge in [-0.25, -0.2) is 0 Å². The molecule has 3 aromatic rings. The van der Waals surface area contributed by atoms with E-state index in [2.05, 4.69) is 30.3 Å². The summed E-state index contributed by atoms with van der Waals surface area (Å²) < 4.78 is 3.94. The minimum absolute atomic E-state index is 0.245. The first-order chi connectivity index (χ1) is 10.7. The predicted molar refractivity (Wildman–Crippen MR) is 85.4 cm³/mol. The minimum Gasteiger partial charge on any atom is -0.322 e. The topological polar surface area (TPSA) is 58.0 Å². The molecule has 0 amide bonds. The van der Waals surface area contributed by atoms with Crippen LogP contribution in [0.3, 0.4) is 0 Å². The van der Waals surface area contributed by atoms with Gasteiger partial charge >= 0.3 is 0 Å². The van der Waals surface area contributed by atoms with Crippen molar-refractivity contribution < 1.29 is 0 Å². The van der Waals surface area contributed by atoms with Gasteiger partial charge in [0.2, 0.25) is 0 Å². The van der Waals surface area contributed by atoms with Crippen molar-refractivity contribution in [3.63, 3.8) is 0 Å². The second-order valence-electron chi connectivity index (χ2n) is 5.53. The maximum atomic E-state index is 9.42. The summed E-state index contributed by atoms with van der Waals surface area (Å²) in [4.78, 5) is 0. The zero-order valence-electron chi connectivity index (χ0n) is 12.8. The number of aromatic nitrogens is 3. The average molecular weight is 293 g/mol. The minimum atomic E-state index is 0.245. The molecule has 0 aromatic carbocycles. The van der Waals surface area contributed by atoms with E-state index < -0.39 is 0 Å². The number of hydrogen-bond donors (Lipinski definition) is 1. The van der Waals surface area contributed by atoms with Crippen LogP contribution < -0.4 is 5.32 Å². The number of pyridine rings is 1. The molecule has 5 heteroatoms. The third-order valence-electron chi connectivity index (χ3n) is 4.15. The lowest BCUT2D eigenvalue weighted by Crippen LogP contribution is -2.33. The molecule has 0 saturated heterocycles. The zero-order valence-corrected chi connectivity index (χ0v) is 12.8. The van der Waals surface area contributed by atoms with E-state index in [0.717, 1.165) is 16.6 Å². The Kier molecular flexibility index (Phi) is 3.94. The maximum absolute atomic E-state index is 9.42. The molecule has 5 nitrogen and oxygen atoms in total. The molecule has 0 fully saturated rings. The second-order valence-corrected chi connectivity index (χ2v) is 5.53. The van der Waals surface area contributed by atoms with Crippen molar-refractivity contribution in [2.75, 3.05) is 0 Å². The molecule has 0 saturated carbocycles. The lowest BCUT2D eigenvalue weighted by Gasteiger charge is -2.21. The van der Waals surface area contributed by atoms with Crippen LogP contribution in [0, 0.1) is 11.3 Å². The van der Waals surface area contributed by atoms with Gasteiger partial charge < -0.3 is 9.72 Å². The molecule has 0 radical (unpaired) electrons. The highest BCUT2D eigenvalue weighted by Gasteiger charge is 2.15. The van der Waals surface area contributed by atoms with Crippen molar-refractivity contribution in [3.8, 4) is 6.07 Å². The van der Waals surface area contributed by atoms with Crippen LogP contribution in [0.1, 0.15) is 31.0 Å². The van der Waals surface area contributed by atoms with E-state index in [0.29, 0.717) is 6.54 Å². The van der Waals surface area contributed by atoms with E-state index in [-0.39, 0.29) is 12.1 Å². The van der Waals surface area contributed by atoms with Crippen molar-refractivity contribution in [2.45, 2.75) is 32.5 Å². The Morgan fingerprint density at radius 1 is 1.27 bits per heavy atom. The van der Waals surface area contributed by atoms with Crippen LogP contribution in [0.5, 0.6) is 0 Å². The molecule has 0 aliphatic rings. The van der Waals surface area contributed by atoms with E-state index in [1.54, 1.807) is 6.20 Å². The first kappa shape index (κ1) is 14.4. The Morgan fingerprint density at radius 3 is 2.86 bits per heavy atom. The summed E-state index contributed by atoms with van der Waals surface area (Å²) in [5.41, 5.74) is 2.72. The van der Waals surface area contributed by atoms with Gasteiger partial charge in [0.1, 0.15) is 6.07 Å². The number of nitrogens with one attached hydrogen (secondary N) is 1. The van der Waals surface area contributed by atoms with Gasteiger partial charge in [-0.15, -0.1) is 0 Å². The largest absolute Gasteiger partial charge is 0.322 e. The Balaban J connectivity index is 1.75. The molecule has 112 valence electrons. The molecule has 0 aliphatic heterocycles. The molecule has 1 N–H and O–H groups in total. The fourth-order valence-electron chi connectivity index (χ4n) is 2.63. The van der Waals surface area contributed by atoms with E-state index in [1.807, 2.05) is 51.9 Å². The summed E-state index contributed by atoms with van der Waals surface area (Å²) in [6.45, 7) is 4.93. The Labute approximate surface area is 129 Å². The van der Waals surface area contributed by atoms with Crippen molar-refractivity contribution in [3.05, 3.63) is 60.2 Å². The Hall–Kier alpha value is -2.58.